The predicted molar refractivity (Wildman–Crippen MR) is 74.4 cm³/mol. The Morgan fingerprint density at radius 1 is 1.28 bits per heavy atom. The van der Waals surface area contributed by atoms with Crippen molar-refractivity contribution in [2.24, 2.45) is 11.8 Å². The monoisotopic (exact) mass is 246 g/mol. The van der Waals surface area contributed by atoms with Crippen molar-refractivity contribution in [2.75, 3.05) is 18.8 Å². The zero-order valence-corrected chi connectivity index (χ0v) is 11.4. The number of nitrogen functional groups attached to an aromatic ring is 1. The summed E-state index contributed by atoms with van der Waals surface area (Å²) in [5.41, 5.74) is 8.21. The van der Waals surface area contributed by atoms with Crippen LogP contribution < -0.4 is 5.73 Å². The van der Waals surface area contributed by atoms with E-state index in [4.69, 9.17) is 5.73 Å². The van der Waals surface area contributed by atoms with Crippen molar-refractivity contribution < 1.29 is 4.79 Å². The van der Waals surface area contributed by atoms with E-state index in [0.29, 0.717) is 17.5 Å². The summed E-state index contributed by atoms with van der Waals surface area (Å²) in [6, 6.07) is 5.57. The second-order valence-corrected chi connectivity index (χ2v) is 5.68. The van der Waals surface area contributed by atoms with Crippen LogP contribution in [0.2, 0.25) is 0 Å². The maximum atomic E-state index is 12.5. The van der Waals surface area contributed by atoms with Gasteiger partial charge in [-0.2, -0.15) is 0 Å². The molecular formula is C15H22N2O. The molecule has 2 rings (SSSR count). The normalized spacial score (nSPS) is 24.1. The van der Waals surface area contributed by atoms with Crippen LogP contribution in [0, 0.1) is 18.8 Å². The lowest BCUT2D eigenvalue weighted by atomic mass is 9.91. The molecule has 3 heteroatoms. The van der Waals surface area contributed by atoms with E-state index in [1.54, 1.807) is 0 Å². The minimum Gasteiger partial charge on any atom is -0.398 e. The zero-order valence-electron chi connectivity index (χ0n) is 11.4. The third-order valence-corrected chi connectivity index (χ3v) is 3.76. The highest BCUT2D eigenvalue weighted by Crippen LogP contribution is 2.24. The van der Waals surface area contributed by atoms with E-state index in [1.807, 2.05) is 30.0 Å². The van der Waals surface area contributed by atoms with Crippen LogP contribution in [0.4, 0.5) is 5.69 Å². The first-order chi connectivity index (χ1) is 8.49. The van der Waals surface area contributed by atoms with Gasteiger partial charge >= 0.3 is 0 Å². The Balaban J connectivity index is 2.23. The molecule has 0 aromatic heterocycles. The molecule has 0 radical (unpaired) electrons. The van der Waals surface area contributed by atoms with Crippen LogP contribution in [0.15, 0.2) is 18.2 Å². The number of likely N-dealkylation sites (tertiary alicyclic amines) is 1. The maximum Gasteiger partial charge on any atom is 0.254 e. The van der Waals surface area contributed by atoms with Crippen molar-refractivity contribution in [2.45, 2.75) is 27.2 Å². The maximum absolute atomic E-state index is 12.5. The van der Waals surface area contributed by atoms with E-state index < -0.39 is 0 Å². The van der Waals surface area contributed by atoms with Crippen LogP contribution in [0.5, 0.6) is 0 Å². The van der Waals surface area contributed by atoms with E-state index >= 15 is 0 Å². The van der Waals surface area contributed by atoms with Crippen molar-refractivity contribution in [3.8, 4) is 0 Å². The minimum absolute atomic E-state index is 0.123. The fourth-order valence-electron chi connectivity index (χ4n) is 2.88. The summed E-state index contributed by atoms with van der Waals surface area (Å²) in [6.07, 6.45) is 1.21. The van der Waals surface area contributed by atoms with Crippen LogP contribution in [0.25, 0.3) is 0 Å². The molecule has 0 saturated carbocycles. The first-order valence-electron chi connectivity index (χ1n) is 6.63. The number of benzene rings is 1. The quantitative estimate of drug-likeness (QED) is 0.774. The lowest BCUT2D eigenvalue weighted by molar-refractivity contribution is 0.0622. The first kappa shape index (κ1) is 12.9. The number of anilines is 1. The topological polar surface area (TPSA) is 46.3 Å². The first-order valence-corrected chi connectivity index (χ1v) is 6.63. The molecule has 1 aliphatic heterocycles. The van der Waals surface area contributed by atoms with Gasteiger partial charge in [0.05, 0.1) is 0 Å². The molecule has 0 unspecified atom stereocenters. The second kappa shape index (κ2) is 5.01. The minimum atomic E-state index is 0.123. The molecule has 18 heavy (non-hydrogen) atoms. The van der Waals surface area contributed by atoms with Gasteiger partial charge in [-0.15, -0.1) is 0 Å². The molecule has 1 heterocycles. The lowest BCUT2D eigenvalue weighted by Gasteiger charge is -2.35. The van der Waals surface area contributed by atoms with Crippen LogP contribution >= 0.6 is 0 Å². The Bertz CT molecular complexity index is 446. The summed E-state index contributed by atoms with van der Waals surface area (Å²) in [5, 5.41) is 0. The Hall–Kier alpha value is -1.51. The van der Waals surface area contributed by atoms with Crippen LogP contribution in [0.3, 0.4) is 0 Å². The lowest BCUT2D eigenvalue weighted by Crippen LogP contribution is -2.42. The van der Waals surface area contributed by atoms with Crippen molar-refractivity contribution in [1.29, 1.82) is 0 Å². The van der Waals surface area contributed by atoms with Gasteiger partial charge in [-0.3, -0.25) is 4.79 Å². The van der Waals surface area contributed by atoms with E-state index in [0.717, 1.165) is 24.2 Å². The molecule has 1 aromatic rings. The fraction of sp³-hybridized carbons (Fsp3) is 0.533. The predicted octanol–water partition coefficient (Wildman–Crippen LogP) is 2.70. The number of nitrogens with zero attached hydrogens (tertiary/aromatic N) is 1. The Morgan fingerprint density at radius 3 is 2.50 bits per heavy atom. The van der Waals surface area contributed by atoms with Crippen LogP contribution in [0.1, 0.15) is 36.2 Å². The summed E-state index contributed by atoms with van der Waals surface area (Å²) < 4.78 is 0. The van der Waals surface area contributed by atoms with Crippen LogP contribution in [-0.4, -0.2) is 23.9 Å². The Kier molecular flexibility index (Phi) is 3.60. The molecule has 0 spiro atoms. The largest absolute Gasteiger partial charge is 0.398 e. The summed E-state index contributed by atoms with van der Waals surface area (Å²) in [4.78, 5) is 14.5. The summed E-state index contributed by atoms with van der Waals surface area (Å²) in [5.74, 6) is 1.29. The third kappa shape index (κ3) is 2.50. The smallest absolute Gasteiger partial charge is 0.254 e. The van der Waals surface area contributed by atoms with E-state index in [-0.39, 0.29) is 5.91 Å². The van der Waals surface area contributed by atoms with Gasteiger partial charge in [0, 0.05) is 24.3 Å². The number of carbonyl (C=O) groups excluding carboxylic acids is 1. The molecular weight excluding hydrogens is 224 g/mol. The Morgan fingerprint density at radius 2 is 1.89 bits per heavy atom. The number of amides is 1. The highest BCUT2D eigenvalue weighted by molar-refractivity contribution is 5.97. The van der Waals surface area contributed by atoms with Crippen LogP contribution in [-0.2, 0) is 0 Å². The van der Waals surface area contributed by atoms with Gasteiger partial charge in [0.2, 0.25) is 0 Å². The second-order valence-electron chi connectivity index (χ2n) is 5.68. The average molecular weight is 246 g/mol. The zero-order chi connectivity index (χ0) is 13.3. The fourth-order valence-corrected chi connectivity index (χ4v) is 2.88. The molecule has 1 amide bonds. The summed E-state index contributed by atoms with van der Waals surface area (Å²) in [6.45, 7) is 8.05. The third-order valence-electron chi connectivity index (χ3n) is 3.76. The number of hydrogen-bond acceptors (Lipinski definition) is 2. The molecule has 98 valence electrons. The number of carbonyl (C=O) groups is 1. The summed E-state index contributed by atoms with van der Waals surface area (Å²) >= 11 is 0. The van der Waals surface area contributed by atoms with Crippen molar-refractivity contribution in [3.05, 3.63) is 29.3 Å². The van der Waals surface area contributed by atoms with Gasteiger partial charge in [0.25, 0.3) is 5.91 Å². The summed E-state index contributed by atoms with van der Waals surface area (Å²) in [7, 11) is 0. The van der Waals surface area contributed by atoms with Gasteiger partial charge in [0.15, 0.2) is 0 Å². The van der Waals surface area contributed by atoms with E-state index in [9.17, 15) is 4.79 Å². The van der Waals surface area contributed by atoms with Gasteiger partial charge in [0.1, 0.15) is 0 Å². The van der Waals surface area contributed by atoms with Gasteiger partial charge in [-0.1, -0.05) is 19.9 Å². The average Bonchev–Trinajstić information content (AvgIpc) is 2.30. The molecule has 1 aliphatic rings. The van der Waals surface area contributed by atoms with Crippen molar-refractivity contribution >= 4 is 11.6 Å². The standard InChI is InChI=1S/C15H22N2O/c1-10-7-11(2)9-17(8-10)15(18)13-5-4-6-14(16)12(13)3/h4-6,10-11H,7-9,16H2,1-3H3/t10-,11-/m1/s1. The van der Waals surface area contributed by atoms with Crippen molar-refractivity contribution in [3.63, 3.8) is 0 Å². The van der Waals surface area contributed by atoms with E-state index in [2.05, 4.69) is 13.8 Å². The number of piperidine rings is 1. The molecule has 0 aliphatic carbocycles. The highest BCUT2D eigenvalue weighted by atomic mass is 16.2. The Labute approximate surface area is 109 Å². The molecule has 2 N–H and O–H groups in total. The van der Waals surface area contributed by atoms with Crippen molar-refractivity contribution in [1.82, 2.24) is 4.90 Å². The van der Waals surface area contributed by atoms with E-state index in [1.165, 1.54) is 6.42 Å². The number of nitrogens with two attached hydrogens (primary N) is 1. The van der Waals surface area contributed by atoms with Gasteiger partial charge in [-0.05, 0) is 42.9 Å². The van der Waals surface area contributed by atoms with Gasteiger partial charge in [-0.25, -0.2) is 0 Å². The molecule has 3 nitrogen and oxygen atoms in total. The molecule has 1 aromatic carbocycles. The number of rotatable bonds is 1. The molecule has 2 atom stereocenters. The highest BCUT2D eigenvalue weighted by Gasteiger charge is 2.26. The molecule has 0 bridgehead atoms. The van der Waals surface area contributed by atoms with Gasteiger partial charge < -0.3 is 10.6 Å². The number of hydrogen-bond donors (Lipinski definition) is 1. The molecule has 1 saturated heterocycles. The SMILES string of the molecule is Cc1c(N)cccc1C(=O)N1C[C@H](C)C[C@@H](C)C1. The molecule has 1 fully saturated rings.